The van der Waals surface area contributed by atoms with Crippen LogP contribution in [0, 0.1) is 12.8 Å². The number of anilines is 1. The van der Waals surface area contributed by atoms with E-state index in [0.29, 0.717) is 0 Å². The summed E-state index contributed by atoms with van der Waals surface area (Å²) in [6, 6.07) is 6.74. The Labute approximate surface area is 104 Å². The van der Waals surface area contributed by atoms with Crippen LogP contribution in [0.1, 0.15) is 29.9 Å². The third kappa shape index (κ3) is 1.85. The molecule has 0 saturated carbocycles. The molecule has 2 aliphatic heterocycles. The topological polar surface area (TPSA) is 15.3 Å². The Balaban J connectivity index is 1.94. The summed E-state index contributed by atoms with van der Waals surface area (Å²) >= 11 is 0. The number of nitrogens with zero attached hydrogens (tertiary/aromatic N) is 1. The number of likely N-dealkylation sites (N-methyl/N-ethyl adjacent to an activating group) is 1. The predicted octanol–water partition coefficient (Wildman–Crippen LogP) is 2.53. The zero-order valence-corrected chi connectivity index (χ0v) is 10.9. The zero-order valence-electron chi connectivity index (χ0n) is 10.9. The van der Waals surface area contributed by atoms with Gasteiger partial charge in [0.1, 0.15) is 0 Å². The van der Waals surface area contributed by atoms with Crippen LogP contribution >= 0.6 is 0 Å². The molecule has 1 atom stereocenters. The summed E-state index contributed by atoms with van der Waals surface area (Å²) in [5.74, 6) is 1.64. The van der Waals surface area contributed by atoms with E-state index in [9.17, 15) is 0 Å². The van der Waals surface area contributed by atoms with E-state index in [1.54, 1.807) is 5.56 Å². The number of rotatable bonds is 1. The second kappa shape index (κ2) is 4.34. The van der Waals surface area contributed by atoms with Gasteiger partial charge in [-0.25, -0.2) is 0 Å². The molecule has 0 amide bonds. The summed E-state index contributed by atoms with van der Waals surface area (Å²) in [6.07, 6.45) is 2.68. The van der Waals surface area contributed by atoms with Gasteiger partial charge in [0.25, 0.3) is 0 Å². The van der Waals surface area contributed by atoms with Crippen LogP contribution < -0.4 is 10.2 Å². The maximum Gasteiger partial charge on any atom is 0.0402 e. The lowest BCUT2D eigenvalue weighted by Gasteiger charge is -2.29. The van der Waals surface area contributed by atoms with E-state index in [1.165, 1.54) is 43.7 Å². The second-order valence-electron chi connectivity index (χ2n) is 5.58. The van der Waals surface area contributed by atoms with E-state index < -0.39 is 0 Å². The molecule has 1 fully saturated rings. The summed E-state index contributed by atoms with van der Waals surface area (Å²) < 4.78 is 0. The Hall–Kier alpha value is -1.02. The molecular weight excluding hydrogens is 208 g/mol. The van der Waals surface area contributed by atoms with Crippen molar-refractivity contribution in [3.63, 3.8) is 0 Å². The first kappa shape index (κ1) is 11.1. The minimum Gasteiger partial charge on any atom is -0.374 e. The molecule has 1 unspecified atom stereocenters. The molecule has 2 nitrogen and oxygen atoms in total. The standard InChI is InChI=1S/C15H22N2/c1-11-4-3-5-14-15(11)13(10-17(14)2)12-6-8-16-9-7-12/h3-5,12-13,16H,6-10H2,1-2H3. The summed E-state index contributed by atoms with van der Waals surface area (Å²) in [6.45, 7) is 5.88. The molecule has 2 heteroatoms. The first-order chi connectivity index (χ1) is 8.27. The highest BCUT2D eigenvalue weighted by Crippen LogP contribution is 2.43. The molecule has 0 bridgehead atoms. The first-order valence-electron chi connectivity index (χ1n) is 6.78. The fraction of sp³-hybridized carbons (Fsp3) is 0.600. The van der Waals surface area contributed by atoms with Crippen molar-refractivity contribution in [2.24, 2.45) is 5.92 Å². The van der Waals surface area contributed by atoms with Crippen LogP contribution in [0.25, 0.3) is 0 Å². The van der Waals surface area contributed by atoms with Gasteiger partial charge in [0, 0.05) is 25.2 Å². The summed E-state index contributed by atoms with van der Waals surface area (Å²) in [4.78, 5) is 2.44. The quantitative estimate of drug-likeness (QED) is 0.797. The summed E-state index contributed by atoms with van der Waals surface area (Å²) in [5, 5.41) is 3.47. The van der Waals surface area contributed by atoms with E-state index in [1.807, 2.05) is 0 Å². The van der Waals surface area contributed by atoms with Crippen LogP contribution in [0.2, 0.25) is 0 Å². The molecule has 1 saturated heterocycles. The van der Waals surface area contributed by atoms with Crippen molar-refractivity contribution in [3.05, 3.63) is 29.3 Å². The number of fused-ring (bicyclic) bond motifs is 1. The summed E-state index contributed by atoms with van der Waals surface area (Å²) in [5.41, 5.74) is 4.57. The van der Waals surface area contributed by atoms with E-state index in [2.05, 4.69) is 42.4 Å². The smallest absolute Gasteiger partial charge is 0.0402 e. The molecule has 1 aromatic carbocycles. The molecule has 92 valence electrons. The van der Waals surface area contributed by atoms with E-state index >= 15 is 0 Å². The monoisotopic (exact) mass is 230 g/mol. The number of hydrogen-bond acceptors (Lipinski definition) is 2. The average Bonchev–Trinajstić information content (AvgIpc) is 2.70. The molecule has 0 aliphatic carbocycles. The third-order valence-corrected chi connectivity index (χ3v) is 4.51. The van der Waals surface area contributed by atoms with Gasteiger partial charge < -0.3 is 10.2 Å². The van der Waals surface area contributed by atoms with Crippen LogP contribution in [0.5, 0.6) is 0 Å². The van der Waals surface area contributed by atoms with Gasteiger partial charge in [0.15, 0.2) is 0 Å². The minimum atomic E-state index is 0.762. The summed E-state index contributed by atoms with van der Waals surface area (Å²) in [7, 11) is 2.24. The SMILES string of the molecule is Cc1cccc2c1C(C1CCNCC1)CN2C. The second-order valence-corrected chi connectivity index (χ2v) is 5.58. The van der Waals surface area contributed by atoms with Crippen molar-refractivity contribution in [1.82, 2.24) is 5.32 Å². The van der Waals surface area contributed by atoms with Gasteiger partial charge >= 0.3 is 0 Å². The van der Waals surface area contributed by atoms with Crippen LogP contribution in [0.15, 0.2) is 18.2 Å². The molecule has 0 spiro atoms. The number of benzene rings is 1. The number of piperidine rings is 1. The largest absolute Gasteiger partial charge is 0.374 e. The molecule has 1 aromatic rings. The van der Waals surface area contributed by atoms with Gasteiger partial charge in [-0.3, -0.25) is 0 Å². The van der Waals surface area contributed by atoms with Gasteiger partial charge in [-0.15, -0.1) is 0 Å². The van der Waals surface area contributed by atoms with Gasteiger partial charge in [-0.05, 0) is 56.0 Å². The van der Waals surface area contributed by atoms with Crippen molar-refractivity contribution >= 4 is 5.69 Å². The van der Waals surface area contributed by atoms with E-state index in [-0.39, 0.29) is 0 Å². The number of aryl methyl sites for hydroxylation is 1. The first-order valence-corrected chi connectivity index (χ1v) is 6.78. The molecule has 0 radical (unpaired) electrons. The molecule has 17 heavy (non-hydrogen) atoms. The molecule has 3 rings (SSSR count). The van der Waals surface area contributed by atoms with Crippen LogP contribution in [-0.4, -0.2) is 26.7 Å². The molecule has 1 N–H and O–H groups in total. The normalized spacial score (nSPS) is 25.1. The Morgan fingerprint density at radius 2 is 2.00 bits per heavy atom. The Kier molecular flexibility index (Phi) is 2.83. The minimum absolute atomic E-state index is 0.762. The van der Waals surface area contributed by atoms with Gasteiger partial charge in [0.05, 0.1) is 0 Å². The lowest BCUT2D eigenvalue weighted by molar-refractivity contribution is 0.326. The van der Waals surface area contributed by atoms with Crippen LogP contribution in [-0.2, 0) is 0 Å². The average molecular weight is 230 g/mol. The fourth-order valence-corrected chi connectivity index (χ4v) is 3.60. The maximum atomic E-state index is 3.47. The van der Waals surface area contributed by atoms with E-state index in [0.717, 1.165) is 11.8 Å². The van der Waals surface area contributed by atoms with Crippen LogP contribution in [0.3, 0.4) is 0 Å². The van der Waals surface area contributed by atoms with Gasteiger partial charge in [0.2, 0.25) is 0 Å². The molecule has 2 heterocycles. The number of nitrogens with one attached hydrogen (secondary N) is 1. The Morgan fingerprint density at radius 3 is 2.76 bits per heavy atom. The molecular formula is C15H22N2. The van der Waals surface area contributed by atoms with Crippen LogP contribution in [0.4, 0.5) is 5.69 Å². The highest BCUT2D eigenvalue weighted by Gasteiger charge is 2.34. The lowest BCUT2D eigenvalue weighted by Crippen LogP contribution is -2.32. The Bertz CT molecular complexity index is 407. The fourth-order valence-electron chi connectivity index (χ4n) is 3.60. The highest BCUT2D eigenvalue weighted by atomic mass is 15.1. The molecule has 0 aromatic heterocycles. The third-order valence-electron chi connectivity index (χ3n) is 4.51. The van der Waals surface area contributed by atoms with Crippen molar-refractivity contribution in [1.29, 1.82) is 0 Å². The number of hydrogen-bond donors (Lipinski definition) is 1. The van der Waals surface area contributed by atoms with Crippen molar-refractivity contribution < 1.29 is 0 Å². The van der Waals surface area contributed by atoms with Gasteiger partial charge in [-0.1, -0.05) is 12.1 Å². The molecule has 2 aliphatic rings. The maximum absolute atomic E-state index is 3.47. The lowest BCUT2D eigenvalue weighted by atomic mass is 9.80. The van der Waals surface area contributed by atoms with Crippen molar-refractivity contribution in [2.75, 3.05) is 31.6 Å². The predicted molar refractivity (Wildman–Crippen MR) is 72.8 cm³/mol. The van der Waals surface area contributed by atoms with E-state index in [4.69, 9.17) is 0 Å². The van der Waals surface area contributed by atoms with Crippen molar-refractivity contribution in [2.45, 2.75) is 25.7 Å². The van der Waals surface area contributed by atoms with Gasteiger partial charge in [-0.2, -0.15) is 0 Å². The Morgan fingerprint density at radius 1 is 1.24 bits per heavy atom. The zero-order chi connectivity index (χ0) is 11.8. The highest BCUT2D eigenvalue weighted by molar-refractivity contribution is 5.62. The van der Waals surface area contributed by atoms with Crippen molar-refractivity contribution in [3.8, 4) is 0 Å².